The first-order chi connectivity index (χ1) is 15.2. The maximum Gasteiger partial charge on any atom is 0.416 e. The monoisotopic (exact) mass is 495 g/mol. The van der Waals surface area contributed by atoms with E-state index >= 15 is 0 Å². The van der Waals surface area contributed by atoms with Crippen LogP contribution in [0.5, 0.6) is 5.75 Å². The van der Waals surface area contributed by atoms with Crippen LogP contribution in [0, 0.1) is 0 Å². The largest absolute Gasteiger partial charge is 0.495 e. The zero-order valence-electron chi connectivity index (χ0n) is 17.6. The van der Waals surface area contributed by atoms with Gasteiger partial charge in [0.05, 0.1) is 36.7 Å². The van der Waals surface area contributed by atoms with Crippen LogP contribution in [-0.4, -0.2) is 40.2 Å². The van der Waals surface area contributed by atoms with E-state index in [-0.39, 0.29) is 50.6 Å². The zero-order valence-corrected chi connectivity index (χ0v) is 18.6. The quantitative estimate of drug-likeness (QED) is 0.575. The second-order valence-electron chi connectivity index (χ2n) is 7.20. The average Bonchev–Trinajstić information content (AvgIpc) is 3.23. The van der Waals surface area contributed by atoms with Crippen LogP contribution in [0.4, 0.5) is 24.7 Å². The number of hydrogen-bond acceptors (Lipinski definition) is 5. The molecule has 12 heteroatoms. The first-order valence-corrected chi connectivity index (χ1v) is 9.57. The number of methoxy groups -OCH3 is 1. The molecule has 2 amide bonds. The van der Waals surface area contributed by atoms with Gasteiger partial charge in [-0.15, -0.1) is 0 Å². The summed E-state index contributed by atoms with van der Waals surface area (Å²) in [5.41, 5.74) is -0.424. The van der Waals surface area contributed by atoms with Gasteiger partial charge in [0.15, 0.2) is 0 Å². The third-order valence-electron chi connectivity index (χ3n) is 5.07. The molecule has 8 nitrogen and oxygen atoms in total. The zero-order chi connectivity index (χ0) is 23.0. The Morgan fingerprint density at radius 2 is 1.82 bits per heavy atom. The lowest BCUT2D eigenvalue weighted by Gasteiger charge is -2.32. The number of carbonyl (C=O) groups is 2. The van der Waals surface area contributed by atoms with Crippen molar-refractivity contribution in [2.75, 3.05) is 23.9 Å². The summed E-state index contributed by atoms with van der Waals surface area (Å²) in [6, 6.07) is 7.18. The summed E-state index contributed by atoms with van der Waals surface area (Å²) in [4.78, 5) is 31.4. The summed E-state index contributed by atoms with van der Waals surface area (Å²) >= 11 is 0. The van der Waals surface area contributed by atoms with Gasteiger partial charge in [0.2, 0.25) is 0 Å². The topological polar surface area (TPSA) is 89.3 Å². The molecule has 4 rings (SSSR count). The Labute approximate surface area is 201 Å². The Hall–Kier alpha value is -3.54. The predicted molar refractivity (Wildman–Crippen MR) is 126 cm³/mol. The number of nitrogens with one attached hydrogen (secondary N) is 1. The van der Waals surface area contributed by atoms with Crippen molar-refractivity contribution in [1.29, 1.82) is 0 Å². The van der Waals surface area contributed by atoms with E-state index in [2.05, 4.69) is 15.4 Å². The van der Waals surface area contributed by atoms with Gasteiger partial charge in [-0.2, -0.15) is 31.8 Å². The number of nitrogens with zero attached hydrogens (tertiary/aromatic N) is 4. The molecule has 34 heavy (non-hydrogen) atoms. The Kier molecular flexibility index (Phi) is 7.98. The number of amides is 2. The molecule has 0 radical (unpaired) electrons. The minimum Gasteiger partial charge on any atom is -0.495 e. The van der Waals surface area contributed by atoms with Crippen molar-refractivity contribution in [1.82, 2.24) is 14.8 Å². The minimum absolute atomic E-state index is 0. The Bertz CT molecular complexity index is 1160. The molecular weight excluding hydrogens is 471 g/mol. The number of hydrogen-bond donors (Lipinski definition) is 1. The fraction of sp³-hybridized carbons (Fsp3) is 0.273. The third kappa shape index (κ3) is 5.01. The smallest absolute Gasteiger partial charge is 0.416 e. The number of aromatic nitrogens is 3. The number of anilines is 2. The molecule has 2 aromatic heterocycles. The van der Waals surface area contributed by atoms with E-state index in [1.807, 2.05) is 0 Å². The van der Waals surface area contributed by atoms with Crippen LogP contribution >= 0.6 is 13.5 Å². The summed E-state index contributed by atoms with van der Waals surface area (Å²) in [5, 5.41) is 6.78. The van der Waals surface area contributed by atoms with E-state index in [4.69, 9.17) is 4.74 Å². The van der Waals surface area contributed by atoms with E-state index in [1.165, 1.54) is 41.2 Å². The molecule has 1 aromatic carbocycles. The lowest BCUT2D eigenvalue weighted by Crippen LogP contribution is -2.43. The van der Waals surface area contributed by atoms with Crippen LogP contribution in [0.2, 0.25) is 0 Å². The number of benzene rings is 1. The second-order valence-corrected chi connectivity index (χ2v) is 7.20. The van der Waals surface area contributed by atoms with Crippen molar-refractivity contribution in [3.8, 4) is 5.75 Å². The molecule has 1 aliphatic rings. The highest BCUT2D eigenvalue weighted by Crippen LogP contribution is 2.33. The number of halogens is 3. The number of alkyl halides is 3. The van der Waals surface area contributed by atoms with Crippen LogP contribution in [0.15, 0.2) is 48.8 Å². The second kappa shape index (κ2) is 10.2. The van der Waals surface area contributed by atoms with Crippen LogP contribution in [0.1, 0.15) is 46.8 Å². The van der Waals surface area contributed by atoms with E-state index in [0.717, 1.165) is 12.1 Å². The SMILES string of the molecule is C.COc1ccc(NC(=O)c2cnn3c2C(=O)N(c2ccc(C(F)(F)F)cc2)C[C@@H]3C)nc1.S. The van der Waals surface area contributed by atoms with Crippen LogP contribution < -0.4 is 15.0 Å². The first kappa shape index (κ1) is 26.7. The maximum absolute atomic E-state index is 13.2. The van der Waals surface area contributed by atoms with Crippen molar-refractivity contribution in [3.63, 3.8) is 0 Å². The van der Waals surface area contributed by atoms with Gasteiger partial charge in [-0.05, 0) is 43.3 Å². The molecule has 1 atom stereocenters. The predicted octanol–water partition coefficient (Wildman–Crippen LogP) is 4.53. The molecule has 1 N–H and O–H groups in total. The fourth-order valence-corrected chi connectivity index (χ4v) is 3.44. The van der Waals surface area contributed by atoms with Gasteiger partial charge in [-0.1, -0.05) is 7.43 Å². The molecule has 0 unspecified atom stereocenters. The van der Waals surface area contributed by atoms with Gasteiger partial charge in [-0.3, -0.25) is 14.3 Å². The van der Waals surface area contributed by atoms with Gasteiger partial charge >= 0.3 is 6.18 Å². The first-order valence-electron chi connectivity index (χ1n) is 9.57. The molecule has 1 aliphatic heterocycles. The molecule has 0 aliphatic carbocycles. The van der Waals surface area contributed by atoms with Gasteiger partial charge in [-0.25, -0.2) is 4.98 Å². The number of fused-ring (bicyclic) bond motifs is 1. The highest BCUT2D eigenvalue weighted by molar-refractivity contribution is 7.59. The number of ether oxygens (including phenoxy) is 1. The Morgan fingerprint density at radius 3 is 2.38 bits per heavy atom. The lowest BCUT2D eigenvalue weighted by molar-refractivity contribution is -0.137. The van der Waals surface area contributed by atoms with Gasteiger partial charge < -0.3 is 15.0 Å². The van der Waals surface area contributed by atoms with Gasteiger partial charge in [0.25, 0.3) is 11.8 Å². The molecule has 0 spiro atoms. The Balaban J connectivity index is 0.00000204. The highest BCUT2D eigenvalue weighted by atomic mass is 32.1. The van der Waals surface area contributed by atoms with Gasteiger partial charge in [0, 0.05) is 12.2 Å². The number of carbonyl (C=O) groups excluding carboxylic acids is 2. The summed E-state index contributed by atoms with van der Waals surface area (Å²) in [7, 11) is 1.49. The van der Waals surface area contributed by atoms with Crippen LogP contribution in [-0.2, 0) is 6.18 Å². The van der Waals surface area contributed by atoms with Crippen LogP contribution in [0.3, 0.4) is 0 Å². The van der Waals surface area contributed by atoms with Gasteiger partial charge in [0.1, 0.15) is 17.3 Å². The maximum atomic E-state index is 13.2. The van der Waals surface area contributed by atoms with Crippen molar-refractivity contribution >= 4 is 36.8 Å². The summed E-state index contributed by atoms with van der Waals surface area (Å²) in [5.74, 6) is -0.347. The molecule has 0 bridgehead atoms. The molecule has 3 heterocycles. The number of pyridine rings is 1. The molecule has 0 fully saturated rings. The van der Waals surface area contributed by atoms with Crippen molar-refractivity contribution in [3.05, 3.63) is 65.6 Å². The van der Waals surface area contributed by atoms with Crippen LogP contribution in [0.25, 0.3) is 0 Å². The van der Waals surface area contributed by atoms with E-state index in [9.17, 15) is 22.8 Å². The van der Waals surface area contributed by atoms with E-state index in [1.54, 1.807) is 19.1 Å². The Morgan fingerprint density at radius 1 is 1.15 bits per heavy atom. The number of rotatable bonds is 4. The molecule has 0 saturated heterocycles. The average molecular weight is 496 g/mol. The molecule has 182 valence electrons. The van der Waals surface area contributed by atoms with Crippen molar-refractivity contribution in [2.24, 2.45) is 0 Å². The normalized spacial score (nSPS) is 15.0. The third-order valence-corrected chi connectivity index (χ3v) is 5.07. The van der Waals surface area contributed by atoms with E-state index in [0.29, 0.717) is 11.4 Å². The highest BCUT2D eigenvalue weighted by Gasteiger charge is 2.36. The van der Waals surface area contributed by atoms with E-state index < -0.39 is 23.6 Å². The summed E-state index contributed by atoms with van der Waals surface area (Å²) in [6.07, 6.45) is -1.75. The summed E-state index contributed by atoms with van der Waals surface area (Å²) in [6.45, 7) is 1.99. The molecule has 3 aromatic rings. The lowest BCUT2D eigenvalue weighted by atomic mass is 10.1. The standard InChI is InChI=1S/C21H18F3N5O3.CH4.H2S/c1-12-11-28(14-5-3-13(4-6-14)21(22,23)24)20(31)18-16(10-26-29(12)18)19(30)27-17-8-7-15(32-2)9-25-17;;/h3-10,12H,11H2,1-2H3,(H,25,27,30);1H4;1H2/t12-;;/m0../s1. The fourth-order valence-electron chi connectivity index (χ4n) is 3.44. The summed E-state index contributed by atoms with van der Waals surface area (Å²) < 4.78 is 45.1. The van der Waals surface area contributed by atoms with Crippen molar-refractivity contribution < 1.29 is 27.5 Å². The minimum atomic E-state index is -4.48. The molecule has 0 saturated carbocycles. The molecular formula is C22H24F3N5O3S. The van der Waals surface area contributed by atoms with Crippen molar-refractivity contribution in [2.45, 2.75) is 26.6 Å².